The van der Waals surface area contributed by atoms with Crippen molar-refractivity contribution in [3.8, 4) is 5.75 Å². The van der Waals surface area contributed by atoms with E-state index in [-0.39, 0.29) is 5.91 Å². The number of hydrogen-bond acceptors (Lipinski definition) is 3. The van der Waals surface area contributed by atoms with Gasteiger partial charge in [-0.3, -0.25) is 4.79 Å². The van der Waals surface area contributed by atoms with Crippen LogP contribution in [0.3, 0.4) is 0 Å². The van der Waals surface area contributed by atoms with Gasteiger partial charge in [-0.15, -0.1) is 0 Å². The zero-order chi connectivity index (χ0) is 15.5. The van der Waals surface area contributed by atoms with Crippen LogP contribution >= 0.6 is 0 Å². The van der Waals surface area contributed by atoms with Gasteiger partial charge in [0.05, 0.1) is 7.11 Å². The molecule has 1 unspecified atom stereocenters. The van der Waals surface area contributed by atoms with Crippen molar-refractivity contribution >= 4 is 5.91 Å². The number of benzene rings is 1. The Morgan fingerprint density at radius 1 is 1.23 bits per heavy atom. The van der Waals surface area contributed by atoms with Crippen LogP contribution in [0, 0.1) is 11.8 Å². The Labute approximate surface area is 132 Å². The van der Waals surface area contributed by atoms with Crippen LogP contribution in [0.1, 0.15) is 36.0 Å². The van der Waals surface area contributed by atoms with Gasteiger partial charge in [0, 0.05) is 18.2 Å². The number of likely N-dealkylation sites (tertiary alicyclic amines) is 1. The molecule has 0 radical (unpaired) electrons. The Balaban J connectivity index is 1.64. The Kier molecular flexibility index (Phi) is 4.67. The molecule has 1 saturated carbocycles. The number of ether oxygens (including phenoxy) is 1. The molecule has 1 aromatic carbocycles. The molecule has 3 atom stereocenters. The molecule has 1 heterocycles. The fourth-order valence-electron chi connectivity index (χ4n) is 4.05. The monoisotopic (exact) mass is 302 g/mol. The average molecular weight is 302 g/mol. The number of methoxy groups -OCH3 is 1. The molecule has 1 aliphatic carbocycles. The quantitative estimate of drug-likeness (QED) is 0.933. The van der Waals surface area contributed by atoms with Gasteiger partial charge in [-0.25, -0.2) is 0 Å². The molecular formula is C18H26N2O2. The van der Waals surface area contributed by atoms with Crippen LogP contribution in [0.25, 0.3) is 0 Å². The van der Waals surface area contributed by atoms with Gasteiger partial charge < -0.3 is 15.0 Å². The molecule has 4 nitrogen and oxygen atoms in total. The summed E-state index contributed by atoms with van der Waals surface area (Å²) in [6.45, 7) is 2.33. The third-order valence-electron chi connectivity index (χ3n) is 5.27. The first-order chi connectivity index (χ1) is 10.7. The molecule has 22 heavy (non-hydrogen) atoms. The summed E-state index contributed by atoms with van der Waals surface area (Å²) in [5.41, 5.74) is 0.718. The standard InChI is InChI=1S/C18H26N2O2/c1-20-11-10-16-14(12-20)4-3-5-17(16)19-18(21)13-6-8-15(22-2)9-7-13/h6-9,14,16-17H,3-5,10-12H2,1-2H3,(H,19,21)/t14-,16-,17?/m1/s1. The topological polar surface area (TPSA) is 41.6 Å². The Bertz CT molecular complexity index is 514. The summed E-state index contributed by atoms with van der Waals surface area (Å²) in [5.74, 6) is 2.22. The number of fused-ring (bicyclic) bond motifs is 1. The highest BCUT2D eigenvalue weighted by atomic mass is 16.5. The van der Waals surface area contributed by atoms with Crippen molar-refractivity contribution in [3.05, 3.63) is 29.8 Å². The lowest BCUT2D eigenvalue weighted by atomic mass is 9.72. The molecule has 0 bridgehead atoms. The number of hydrogen-bond donors (Lipinski definition) is 1. The maximum Gasteiger partial charge on any atom is 0.251 e. The first-order valence-corrected chi connectivity index (χ1v) is 8.31. The Morgan fingerprint density at radius 2 is 2.00 bits per heavy atom. The van der Waals surface area contributed by atoms with Gasteiger partial charge in [-0.2, -0.15) is 0 Å². The molecule has 2 aliphatic rings. The van der Waals surface area contributed by atoms with E-state index in [9.17, 15) is 4.79 Å². The molecule has 0 aromatic heterocycles. The van der Waals surface area contributed by atoms with E-state index in [1.54, 1.807) is 7.11 Å². The number of carbonyl (C=O) groups excluding carboxylic acids is 1. The third-order valence-corrected chi connectivity index (χ3v) is 5.27. The number of rotatable bonds is 3. The number of amides is 1. The lowest BCUT2D eigenvalue weighted by Gasteiger charge is -2.44. The van der Waals surface area contributed by atoms with Crippen LogP contribution in [0.5, 0.6) is 5.75 Å². The van der Waals surface area contributed by atoms with Crippen LogP contribution in [0.4, 0.5) is 0 Å². The fourth-order valence-corrected chi connectivity index (χ4v) is 4.05. The molecule has 1 N–H and O–H groups in total. The zero-order valence-electron chi connectivity index (χ0n) is 13.5. The van der Waals surface area contributed by atoms with Crippen LogP contribution in [-0.4, -0.2) is 44.1 Å². The average Bonchev–Trinajstić information content (AvgIpc) is 2.55. The fraction of sp³-hybridized carbons (Fsp3) is 0.611. The van der Waals surface area contributed by atoms with E-state index in [2.05, 4.69) is 17.3 Å². The van der Waals surface area contributed by atoms with Crippen molar-refractivity contribution in [2.75, 3.05) is 27.2 Å². The van der Waals surface area contributed by atoms with Gasteiger partial charge >= 0.3 is 0 Å². The van der Waals surface area contributed by atoms with Gasteiger partial charge in [0.2, 0.25) is 0 Å². The van der Waals surface area contributed by atoms with E-state index in [4.69, 9.17) is 4.74 Å². The van der Waals surface area contributed by atoms with E-state index in [0.717, 1.165) is 30.2 Å². The van der Waals surface area contributed by atoms with Crippen molar-refractivity contribution in [3.63, 3.8) is 0 Å². The van der Waals surface area contributed by atoms with Gasteiger partial charge in [0.1, 0.15) is 5.75 Å². The van der Waals surface area contributed by atoms with E-state index in [1.807, 2.05) is 24.3 Å². The minimum atomic E-state index is 0.0484. The first kappa shape index (κ1) is 15.3. The molecule has 1 aromatic rings. The number of piperidine rings is 1. The normalized spacial score (nSPS) is 28.7. The Morgan fingerprint density at radius 3 is 2.73 bits per heavy atom. The second-order valence-electron chi connectivity index (χ2n) is 6.71. The van der Waals surface area contributed by atoms with Crippen LogP contribution in [0.2, 0.25) is 0 Å². The van der Waals surface area contributed by atoms with Crippen LogP contribution in [-0.2, 0) is 0 Å². The molecule has 120 valence electrons. The van der Waals surface area contributed by atoms with Crippen LogP contribution in [0.15, 0.2) is 24.3 Å². The molecule has 1 saturated heterocycles. The third kappa shape index (κ3) is 3.27. The van der Waals surface area contributed by atoms with Crippen molar-refractivity contribution in [2.45, 2.75) is 31.7 Å². The number of carbonyl (C=O) groups is 1. The van der Waals surface area contributed by atoms with Gasteiger partial charge in [-0.05, 0) is 69.0 Å². The SMILES string of the molecule is COc1ccc(C(=O)NC2CCC[C@@H]3CN(C)CC[C@@H]23)cc1. The summed E-state index contributed by atoms with van der Waals surface area (Å²) >= 11 is 0. The number of nitrogens with one attached hydrogen (secondary N) is 1. The smallest absolute Gasteiger partial charge is 0.251 e. The lowest BCUT2D eigenvalue weighted by Crippen LogP contribution is -2.51. The highest BCUT2D eigenvalue weighted by Crippen LogP contribution is 2.36. The Hall–Kier alpha value is -1.55. The predicted molar refractivity (Wildman–Crippen MR) is 87.2 cm³/mol. The summed E-state index contributed by atoms with van der Waals surface area (Å²) in [6, 6.07) is 7.69. The number of nitrogens with zero attached hydrogens (tertiary/aromatic N) is 1. The molecular weight excluding hydrogens is 276 g/mol. The van der Waals surface area contributed by atoms with E-state index < -0.39 is 0 Å². The zero-order valence-corrected chi connectivity index (χ0v) is 13.5. The van der Waals surface area contributed by atoms with E-state index in [0.29, 0.717) is 12.0 Å². The summed E-state index contributed by atoms with van der Waals surface area (Å²) in [4.78, 5) is 14.9. The summed E-state index contributed by atoms with van der Waals surface area (Å²) < 4.78 is 5.14. The van der Waals surface area contributed by atoms with Crippen molar-refractivity contribution in [2.24, 2.45) is 11.8 Å². The minimum Gasteiger partial charge on any atom is -0.497 e. The minimum absolute atomic E-state index is 0.0484. The summed E-state index contributed by atoms with van der Waals surface area (Å²) in [6.07, 6.45) is 4.86. The molecule has 2 fully saturated rings. The van der Waals surface area contributed by atoms with Crippen molar-refractivity contribution in [1.29, 1.82) is 0 Å². The van der Waals surface area contributed by atoms with Gasteiger partial charge in [-0.1, -0.05) is 6.42 Å². The molecule has 4 heteroatoms. The lowest BCUT2D eigenvalue weighted by molar-refractivity contribution is 0.0661. The highest BCUT2D eigenvalue weighted by molar-refractivity contribution is 5.94. The van der Waals surface area contributed by atoms with Gasteiger partial charge in [0.25, 0.3) is 5.91 Å². The summed E-state index contributed by atoms with van der Waals surface area (Å²) in [7, 11) is 3.84. The second kappa shape index (κ2) is 6.69. The molecule has 1 aliphatic heterocycles. The second-order valence-corrected chi connectivity index (χ2v) is 6.71. The van der Waals surface area contributed by atoms with E-state index in [1.165, 1.54) is 25.8 Å². The predicted octanol–water partition coefficient (Wildman–Crippen LogP) is 2.55. The van der Waals surface area contributed by atoms with Gasteiger partial charge in [0.15, 0.2) is 0 Å². The molecule has 0 spiro atoms. The highest BCUT2D eigenvalue weighted by Gasteiger charge is 2.37. The largest absolute Gasteiger partial charge is 0.497 e. The van der Waals surface area contributed by atoms with Crippen LogP contribution < -0.4 is 10.1 Å². The first-order valence-electron chi connectivity index (χ1n) is 8.31. The maximum atomic E-state index is 12.5. The molecule has 3 rings (SSSR count). The summed E-state index contributed by atoms with van der Waals surface area (Å²) in [5, 5.41) is 3.29. The van der Waals surface area contributed by atoms with Crippen molar-refractivity contribution in [1.82, 2.24) is 10.2 Å². The maximum absolute atomic E-state index is 12.5. The molecule has 1 amide bonds. The van der Waals surface area contributed by atoms with Crippen molar-refractivity contribution < 1.29 is 9.53 Å². The van der Waals surface area contributed by atoms with E-state index >= 15 is 0 Å².